The van der Waals surface area contributed by atoms with Gasteiger partial charge in [-0.15, -0.1) is 0 Å². The summed E-state index contributed by atoms with van der Waals surface area (Å²) in [6.45, 7) is 0. The molecule has 4 heteroatoms. The van der Waals surface area contributed by atoms with E-state index in [-0.39, 0.29) is 21.1 Å². The molecule has 3 aromatic rings. The van der Waals surface area contributed by atoms with Crippen molar-refractivity contribution in [3.8, 4) is 11.5 Å². The summed E-state index contributed by atoms with van der Waals surface area (Å²) in [5, 5.41) is 0. The van der Waals surface area contributed by atoms with Crippen LogP contribution in [0, 0.1) is 0 Å². The first kappa shape index (κ1) is 11.0. The third-order valence-electron chi connectivity index (χ3n) is 2.23. The second-order valence-corrected chi connectivity index (χ2v) is 3.25. The Balaban J connectivity index is 0.000000963. The zero-order chi connectivity index (χ0) is 10.1. The topological polar surface area (TPSA) is 39.9 Å². The van der Waals surface area contributed by atoms with Crippen LogP contribution in [0.2, 0.25) is 0 Å². The van der Waals surface area contributed by atoms with Crippen molar-refractivity contribution >= 4 is 11.0 Å². The Morgan fingerprint density at radius 3 is 2.50 bits per heavy atom. The molecule has 0 unspecified atom stereocenters. The van der Waals surface area contributed by atoms with Crippen molar-refractivity contribution in [2.75, 3.05) is 0 Å². The van der Waals surface area contributed by atoms with E-state index >= 15 is 0 Å². The van der Waals surface area contributed by atoms with Crippen LogP contribution in [0.3, 0.4) is 0 Å². The van der Waals surface area contributed by atoms with Crippen LogP contribution in [0.1, 0.15) is 0 Å². The monoisotopic (exact) mass is 389 g/mol. The number of fused-ring (bicyclic) bond motifs is 1. The van der Waals surface area contributed by atoms with Crippen molar-refractivity contribution in [1.82, 2.24) is 15.0 Å². The SMILES string of the molecule is [Pt].c1ccc(-c2nc3ccccc3[n-]2)nc1. The molecule has 0 radical (unpaired) electrons. The van der Waals surface area contributed by atoms with Crippen LogP contribution in [0.15, 0.2) is 48.7 Å². The Hall–Kier alpha value is -1.47. The van der Waals surface area contributed by atoms with Gasteiger partial charge in [0, 0.05) is 27.3 Å². The number of hydrogen-bond acceptors (Lipinski definition) is 2. The van der Waals surface area contributed by atoms with Crippen molar-refractivity contribution < 1.29 is 21.1 Å². The molecule has 0 N–H and O–H groups in total. The molecule has 1 aromatic carbocycles. The van der Waals surface area contributed by atoms with Gasteiger partial charge in [-0.1, -0.05) is 30.3 Å². The van der Waals surface area contributed by atoms with Gasteiger partial charge in [0.1, 0.15) is 0 Å². The minimum atomic E-state index is 0. The zero-order valence-electron chi connectivity index (χ0n) is 8.28. The molecule has 3 rings (SSSR count). The predicted octanol–water partition coefficient (Wildman–Crippen LogP) is 2.25. The first-order chi connectivity index (χ1) is 7.43. The molecule has 0 saturated carbocycles. The number of rotatable bonds is 1. The van der Waals surface area contributed by atoms with Gasteiger partial charge in [0.05, 0.1) is 5.69 Å². The fourth-order valence-corrected chi connectivity index (χ4v) is 1.52. The minimum absolute atomic E-state index is 0. The normalized spacial score (nSPS) is 10.0. The van der Waals surface area contributed by atoms with E-state index in [0.717, 1.165) is 16.7 Å². The number of para-hydroxylation sites is 2. The fraction of sp³-hybridized carbons (Fsp3) is 0. The summed E-state index contributed by atoms with van der Waals surface area (Å²) in [7, 11) is 0. The van der Waals surface area contributed by atoms with Crippen LogP contribution < -0.4 is 4.98 Å². The van der Waals surface area contributed by atoms with Crippen molar-refractivity contribution in [3.63, 3.8) is 0 Å². The molecule has 0 aliphatic heterocycles. The Labute approximate surface area is 107 Å². The molecule has 82 valence electrons. The van der Waals surface area contributed by atoms with Gasteiger partial charge in [-0.05, 0) is 29.0 Å². The molecule has 0 spiro atoms. The molecule has 0 aliphatic carbocycles. The standard InChI is InChI=1S/C12H8N3.Pt/c1-2-6-10-9(5-1)14-12(15-10)11-7-3-4-8-13-11;/h1-8H;/q-1;. The van der Waals surface area contributed by atoms with Crippen molar-refractivity contribution in [2.24, 2.45) is 0 Å². The van der Waals surface area contributed by atoms with Crippen molar-refractivity contribution in [1.29, 1.82) is 0 Å². The summed E-state index contributed by atoms with van der Waals surface area (Å²) < 4.78 is 0. The second kappa shape index (κ2) is 4.58. The van der Waals surface area contributed by atoms with E-state index in [2.05, 4.69) is 15.0 Å². The third-order valence-corrected chi connectivity index (χ3v) is 2.23. The van der Waals surface area contributed by atoms with E-state index < -0.39 is 0 Å². The van der Waals surface area contributed by atoms with Gasteiger partial charge in [-0.3, -0.25) is 4.98 Å². The molecule has 0 amide bonds. The fourth-order valence-electron chi connectivity index (χ4n) is 1.52. The van der Waals surface area contributed by atoms with Gasteiger partial charge < -0.3 is 9.97 Å². The Kier molecular flexibility index (Phi) is 3.16. The molecular formula is C12H8N3Pt-. The summed E-state index contributed by atoms with van der Waals surface area (Å²) in [5.41, 5.74) is 2.64. The van der Waals surface area contributed by atoms with Crippen LogP contribution in [0.5, 0.6) is 0 Å². The molecular weight excluding hydrogens is 381 g/mol. The number of nitrogens with zero attached hydrogens (tertiary/aromatic N) is 3. The first-order valence-electron chi connectivity index (χ1n) is 4.74. The number of aromatic nitrogens is 3. The summed E-state index contributed by atoms with van der Waals surface area (Å²) in [4.78, 5) is 13.0. The number of pyridine rings is 1. The van der Waals surface area contributed by atoms with Gasteiger partial charge in [0.2, 0.25) is 0 Å². The van der Waals surface area contributed by atoms with Gasteiger partial charge in [0.15, 0.2) is 0 Å². The average molecular weight is 389 g/mol. The van der Waals surface area contributed by atoms with Crippen molar-refractivity contribution in [2.45, 2.75) is 0 Å². The van der Waals surface area contributed by atoms with Crippen LogP contribution in [-0.2, 0) is 21.1 Å². The largest absolute Gasteiger partial charge is 0.434 e. The second-order valence-electron chi connectivity index (χ2n) is 3.25. The summed E-state index contributed by atoms with van der Waals surface area (Å²) in [6.07, 6.45) is 1.75. The quantitative estimate of drug-likeness (QED) is 0.641. The minimum Gasteiger partial charge on any atom is -0.434 e. The number of benzene rings is 1. The zero-order valence-corrected chi connectivity index (χ0v) is 10.5. The number of imidazole rings is 1. The van der Waals surface area contributed by atoms with Gasteiger partial charge in [-0.25, -0.2) is 0 Å². The average Bonchev–Trinajstić information content (AvgIpc) is 2.74. The van der Waals surface area contributed by atoms with Gasteiger partial charge in [0.25, 0.3) is 0 Å². The van der Waals surface area contributed by atoms with Crippen LogP contribution >= 0.6 is 0 Å². The Bertz CT molecular complexity index is 556. The molecule has 0 bridgehead atoms. The summed E-state index contributed by atoms with van der Waals surface area (Å²) >= 11 is 0. The first-order valence-corrected chi connectivity index (χ1v) is 4.74. The van der Waals surface area contributed by atoms with Gasteiger partial charge >= 0.3 is 0 Å². The van der Waals surface area contributed by atoms with E-state index in [0.29, 0.717) is 5.82 Å². The number of hydrogen-bond donors (Lipinski definition) is 0. The maximum Gasteiger partial charge on any atom is 0.0620 e. The smallest absolute Gasteiger partial charge is 0.0620 e. The molecule has 0 saturated heterocycles. The maximum absolute atomic E-state index is 4.41. The molecule has 2 aromatic heterocycles. The Morgan fingerprint density at radius 2 is 1.75 bits per heavy atom. The molecule has 16 heavy (non-hydrogen) atoms. The van der Waals surface area contributed by atoms with Crippen LogP contribution in [-0.4, -0.2) is 9.97 Å². The van der Waals surface area contributed by atoms with Crippen molar-refractivity contribution in [3.05, 3.63) is 48.7 Å². The van der Waals surface area contributed by atoms with Crippen LogP contribution in [0.4, 0.5) is 0 Å². The van der Waals surface area contributed by atoms with E-state index in [9.17, 15) is 0 Å². The predicted molar refractivity (Wildman–Crippen MR) is 58.3 cm³/mol. The van der Waals surface area contributed by atoms with E-state index in [1.807, 2.05) is 42.5 Å². The van der Waals surface area contributed by atoms with E-state index in [4.69, 9.17) is 0 Å². The molecule has 0 aliphatic rings. The molecule has 0 atom stereocenters. The van der Waals surface area contributed by atoms with Gasteiger partial charge in [-0.2, -0.15) is 0 Å². The van der Waals surface area contributed by atoms with E-state index in [1.54, 1.807) is 6.20 Å². The maximum atomic E-state index is 4.41. The summed E-state index contributed by atoms with van der Waals surface area (Å²) in [6, 6.07) is 13.5. The molecule has 3 nitrogen and oxygen atoms in total. The van der Waals surface area contributed by atoms with E-state index in [1.165, 1.54) is 0 Å². The molecule has 0 fully saturated rings. The Morgan fingerprint density at radius 1 is 0.938 bits per heavy atom. The third kappa shape index (κ3) is 1.91. The molecule has 2 heterocycles. The summed E-state index contributed by atoms with van der Waals surface area (Å²) in [5.74, 6) is 0.691. The van der Waals surface area contributed by atoms with Crippen LogP contribution in [0.25, 0.3) is 22.6 Å².